The van der Waals surface area contributed by atoms with E-state index in [1.807, 2.05) is 24.1 Å². The molecule has 1 atom stereocenters. The number of hydrogen-bond acceptors (Lipinski definition) is 5. The Morgan fingerprint density at radius 2 is 2.04 bits per heavy atom. The van der Waals surface area contributed by atoms with Crippen LogP contribution in [0, 0.1) is 13.8 Å². The minimum absolute atomic E-state index is 0.237. The summed E-state index contributed by atoms with van der Waals surface area (Å²) in [5.41, 5.74) is 4.18. The Kier molecular flexibility index (Phi) is 5.73. The van der Waals surface area contributed by atoms with Crippen LogP contribution in [0.3, 0.4) is 0 Å². The van der Waals surface area contributed by atoms with Crippen LogP contribution >= 0.6 is 0 Å². The number of carbonyl (C=O) groups excluding carboxylic acids is 2. The molecule has 2 aromatic rings. The molecular weight excluding hydrogens is 358 g/mol. The summed E-state index contributed by atoms with van der Waals surface area (Å²) >= 11 is 0. The van der Waals surface area contributed by atoms with Crippen molar-refractivity contribution in [1.82, 2.24) is 10.6 Å². The number of likely N-dealkylation sites (N-methyl/N-ethyl adjacent to an activating group) is 1. The maximum atomic E-state index is 12.7. The van der Waals surface area contributed by atoms with Gasteiger partial charge in [0.25, 0.3) is 0 Å². The van der Waals surface area contributed by atoms with E-state index >= 15 is 0 Å². The molecule has 2 amide bonds. The van der Waals surface area contributed by atoms with Gasteiger partial charge in [-0.15, -0.1) is 0 Å². The molecule has 2 N–H and O–H groups in total. The van der Waals surface area contributed by atoms with Crippen LogP contribution in [0.2, 0.25) is 0 Å². The number of rotatable bonds is 6. The van der Waals surface area contributed by atoms with Gasteiger partial charge in [-0.05, 0) is 50.1 Å². The minimum atomic E-state index is -0.704. The first kappa shape index (κ1) is 19.5. The van der Waals surface area contributed by atoms with Crippen LogP contribution in [0.1, 0.15) is 29.9 Å². The number of nitrogens with zero attached hydrogens (tertiary/aromatic N) is 1. The Morgan fingerprint density at radius 1 is 1.25 bits per heavy atom. The summed E-state index contributed by atoms with van der Waals surface area (Å²) in [5.74, 6) is -0.00874. The monoisotopic (exact) mass is 383 g/mol. The SMILES string of the molecule is CCOC(=O)C1=C(CN(C)c2cccc(C)c2C)NC(=O)NC1c1ccco1. The van der Waals surface area contributed by atoms with E-state index in [9.17, 15) is 9.59 Å². The lowest BCUT2D eigenvalue weighted by molar-refractivity contribution is -0.139. The second kappa shape index (κ2) is 8.21. The number of nitrogens with one attached hydrogen (secondary N) is 2. The van der Waals surface area contributed by atoms with Crippen molar-refractivity contribution in [3.8, 4) is 0 Å². The summed E-state index contributed by atoms with van der Waals surface area (Å²) in [6.07, 6.45) is 1.51. The standard InChI is InChI=1S/C21H25N3O4/c1-5-27-20(25)18-15(12-24(4)16-9-6-8-13(2)14(16)3)22-21(26)23-19(18)17-10-7-11-28-17/h6-11,19H,5,12H2,1-4H3,(H2,22,23,26). The molecule has 1 aromatic heterocycles. The lowest BCUT2D eigenvalue weighted by atomic mass is 9.99. The van der Waals surface area contributed by atoms with Gasteiger partial charge in [0.2, 0.25) is 0 Å². The summed E-state index contributed by atoms with van der Waals surface area (Å²) in [5, 5.41) is 5.53. The number of esters is 1. The number of ether oxygens (including phenoxy) is 1. The van der Waals surface area contributed by atoms with Gasteiger partial charge in [0.15, 0.2) is 0 Å². The largest absolute Gasteiger partial charge is 0.467 e. The summed E-state index contributed by atoms with van der Waals surface area (Å²) in [6.45, 7) is 6.42. The van der Waals surface area contributed by atoms with Crippen LogP contribution in [0.5, 0.6) is 0 Å². The van der Waals surface area contributed by atoms with E-state index in [1.54, 1.807) is 19.1 Å². The Morgan fingerprint density at radius 3 is 2.71 bits per heavy atom. The van der Waals surface area contributed by atoms with Crippen molar-refractivity contribution < 1.29 is 18.7 Å². The van der Waals surface area contributed by atoms with Crippen LogP contribution in [0.4, 0.5) is 10.5 Å². The number of anilines is 1. The number of furan rings is 1. The molecule has 1 aliphatic heterocycles. The molecule has 0 fully saturated rings. The number of urea groups is 1. The Hall–Kier alpha value is -3.22. The van der Waals surface area contributed by atoms with Crippen LogP contribution < -0.4 is 15.5 Å². The molecule has 0 saturated carbocycles. The maximum absolute atomic E-state index is 12.7. The van der Waals surface area contributed by atoms with Crippen molar-refractivity contribution in [2.45, 2.75) is 26.8 Å². The molecule has 2 heterocycles. The highest BCUT2D eigenvalue weighted by atomic mass is 16.5. The fourth-order valence-corrected chi connectivity index (χ4v) is 3.33. The zero-order chi connectivity index (χ0) is 20.3. The molecule has 0 saturated heterocycles. The molecule has 0 spiro atoms. The van der Waals surface area contributed by atoms with E-state index < -0.39 is 12.0 Å². The lowest BCUT2D eigenvalue weighted by Gasteiger charge is -2.31. The fraction of sp³-hybridized carbons (Fsp3) is 0.333. The smallest absolute Gasteiger partial charge is 0.338 e. The number of carbonyl (C=O) groups is 2. The molecule has 1 aliphatic rings. The third-order valence-corrected chi connectivity index (χ3v) is 4.86. The van der Waals surface area contributed by atoms with Crippen LogP contribution in [-0.4, -0.2) is 32.2 Å². The molecule has 7 heteroatoms. The molecule has 0 bridgehead atoms. The van der Waals surface area contributed by atoms with Gasteiger partial charge in [0.1, 0.15) is 11.8 Å². The zero-order valence-electron chi connectivity index (χ0n) is 16.5. The first-order valence-electron chi connectivity index (χ1n) is 9.20. The summed E-state index contributed by atoms with van der Waals surface area (Å²) in [7, 11) is 1.92. The number of amides is 2. The van der Waals surface area contributed by atoms with Crippen molar-refractivity contribution in [1.29, 1.82) is 0 Å². The first-order valence-corrected chi connectivity index (χ1v) is 9.20. The molecule has 3 rings (SSSR count). The summed E-state index contributed by atoms with van der Waals surface area (Å²) in [6, 6.07) is 8.40. The van der Waals surface area contributed by atoms with Gasteiger partial charge < -0.3 is 24.7 Å². The fourth-order valence-electron chi connectivity index (χ4n) is 3.33. The quantitative estimate of drug-likeness (QED) is 0.749. The molecule has 148 valence electrons. The first-order chi connectivity index (χ1) is 13.4. The van der Waals surface area contributed by atoms with Crippen LogP contribution in [0.15, 0.2) is 52.3 Å². The molecule has 7 nitrogen and oxygen atoms in total. The summed E-state index contributed by atoms with van der Waals surface area (Å²) < 4.78 is 10.7. The molecule has 0 radical (unpaired) electrons. The third kappa shape index (κ3) is 3.88. The van der Waals surface area contributed by atoms with E-state index in [0.29, 0.717) is 23.6 Å². The Labute approximate surface area is 164 Å². The van der Waals surface area contributed by atoms with Gasteiger partial charge in [0, 0.05) is 12.7 Å². The topological polar surface area (TPSA) is 83.8 Å². The highest BCUT2D eigenvalue weighted by Gasteiger charge is 2.35. The summed E-state index contributed by atoms with van der Waals surface area (Å²) in [4.78, 5) is 27.0. The Balaban J connectivity index is 2.01. The van der Waals surface area contributed by atoms with Gasteiger partial charge >= 0.3 is 12.0 Å². The minimum Gasteiger partial charge on any atom is -0.467 e. The average molecular weight is 383 g/mol. The van der Waals surface area contributed by atoms with Crippen molar-refractivity contribution in [2.24, 2.45) is 0 Å². The number of hydrogen-bond donors (Lipinski definition) is 2. The average Bonchev–Trinajstić information content (AvgIpc) is 3.18. The molecule has 1 unspecified atom stereocenters. The zero-order valence-corrected chi connectivity index (χ0v) is 16.5. The van der Waals surface area contributed by atoms with Crippen LogP contribution in [0.25, 0.3) is 0 Å². The van der Waals surface area contributed by atoms with E-state index in [-0.39, 0.29) is 12.6 Å². The van der Waals surface area contributed by atoms with Crippen molar-refractivity contribution in [3.05, 3.63) is 64.8 Å². The van der Waals surface area contributed by atoms with Gasteiger partial charge in [-0.1, -0.05) is 12.1 Å². The molecule has 0 aliphatic carbocycles. The highest BCUT2D eigenvalue weighted by molar-refractivity contribution is 5.95. The molecule has 28 heavy (non-hydrogen) atoms. The Bertz CT molecular complexity index is 902. The predicted molar refractivity (Wildman–Crippen MR) is 106 cm³/mol. The molecule has 1 aromatic carbocycles. The van der Waals surface area contributed by atoms with Crippen molar-refractivity contribution in [2.75, 3.05) is 25.1 Å². The normalized spacial score (nSPS) is 16.4. The number of aryl methyl sites for hydroxylation is 1. The van der Waals surface area contributed by atoms with Crippen LogP contribution in [-0.2, 0) is 9.53 Å². The van der Waals surface area contributed by atoms with E-state index in [1.165, 1.54) is 11.8 Å². The van der Waals surface area contributed by atoms with E-state index in [2.05, 4.69) is 30.5 Å². The van der Waals surface area contributed by atoms with Crippen molar-refractivity contribution >= 4 is 17.7 Å². The van der Waals surface area contributed by atoms with E-state index in [4.69, 9.17) is 9.15 Å². The van der Waals surface area contributed by atoms with Gasteiger partial charge in [-0.2, -0.15) is 0 Å². The predicted octanol–water partition coefficient (Wildman–Crippen LogP) is 3.20. The maximum Gasteiger partial charge on any atom is 0.338 e. The van der Waals surface area contributed by atoms with Gasteiger partial charge in [0.05, 0.1) is 30.7 Å². The van der Waals surface area contributed by atoms with E-state index in [0.717, 1.165) is 11.3 Å². The second-order valence-corrected chi connectivity index (χ2v) is 6.73. The lowest BCUT2D eigenvalue weighted by Crippen LogP contribution is -2.48. The number of benzene rings is 1. The third-order valence-electron chi connectivity index (χ3n) is 4.86. The van der Waals surface area contributed by atoms with Crippen molar-refractivity contribution in [3.63, 3.8) is 0 Å². The van der Waals surface area contributed by atoms with Gasteiger partial charge in [-0.3, -0.25) is 0 Å². The van der Waals surface area contributed by atoms with Gasteiger partial charge in [-0.25, -0.2) is 9.59 Å². The molecular formula is C21H25N3O4. The highest BCUT2D eigenvalue weighted by Crippen LogP contribution is 2.29. The second-order valence-electron chi connectivity index (χ2n) is 6.73.